The lowest BCUT2D eigenvalue weighted by Gasteiger charge is -2.41. The minimum Gasteiger partial charge on any atom is -0.364 e. The van der Waals surface area contributed by atoms with E-state index in [1.165, 1.54) is 12.1 Å². The summed E-state index contributed by atoms with van der Waals surface area (Å²) in [6.07, 6.45) is -3.63. The number of aliphatic imine (C=N–C) groups is 1. The summed E-state index contributed by atoms with van der Waals surface area (Å²) in [5, 5.41) is 12.6. The van der Waals surface area contributed by atoms with Gasteiger partial charge in [0.2, 0.25) is 0 Å². The van der Waals surface area contributed by atoms with Gasteiger partial charge >= 0.3 is 6.36 Å². The van der Waals surface area contributed by atoms with E-state index in [2.05, 4.69) is 35.3 Å². The summed E-state index contributed by atoms with van der Waals surface area (Å²) in [6, 6.07) is 5.20. The summed E-state index contributed by atoms with van der Waals surface area (Å²) in [5.41, 5.74) is 0.878. The molecule has 204 valence electrons. The van der Waals surface area contributed by atoms with Gasteiger partial charge in [0, 0.05) is 18.2 Å². The maximum atomic E-state index is 14.7. The van der Waals surface area contributed by atoms with E-state index in [1.54, 1.807) is 24.8 Å². The quantitative estimate of drug-likeness (QED) is 0.328. The number of aryl methyl sites for hydroxylation is 2. The highest BCUT2D eigenvalue weighted by atomic mass is 32.1. The van der Waals surface area contributed by atoms with E-state index in [0.29, 0.717) is 46.4 Å². The molecule has 2 aromatic heterocycles. The number of pyridine rings is 1. The molecule has 2 N–H and O–H groups in total. The number of aromatic nitrogens is 3. The molecule has 1 saturated heterocycles. The van der Waals surface area contributed by atoms with Crippen LogP contribution >= 0.6 is 12.2 Å². The number of anilines is 2. The second kappa shape index (κ2) is 10.1. The minimum atomic E-state index is -4.86. The van der Waals surface area contributed by atoms with Crippen molar-refractivity contribution < 1.29 is 31.4 Å². The van der Waals surface area contributed by atoms with Gasteiger partial charge in [0.25, 0.3) is 0 Å². The van der Waals surface area contributed by atoms with Crippen LogP contribution in [0.2, 0.25) is 0 Å². The summed E-state index contributed by atoms with van der Waals surface area (Å²) in [5.74, 6) is -1.25. The number of benzene rings is 1. The first-order valence-electron chi connectivity index (χ1n) is 11.7. The van der Waals surface area contributed by atoms with Gasteiger partial charge in [-0.25, -0.2) is 18.8 Å². The van der Waals surface area contributed by atoms with E-state index in [0.717, 1.165) is 12.1 Å². The van der Waals surface area contributed by atoms with Gasteiger partial charge in [-0.2, -0.15) is 5.10 Å². The zero-order valence-corrected chi connectivity index (χ0v) is 21.4. The largest absolute Gasteiger partial charge is 0.522 e. The fourth-order valence-corrected chi connectivity index (χ4v) is 4.76. The van der Waals surface area contributed by atoms with E-state index in [9.17, 15) is 22.0 Å². The van der Waals surface area contributed by atoms with Gasteiger partial charge in [0.1, 0.15) is 34.6 Å². The van der Waals surface area contributed by atoms with Gasteiger partial charge in [0.15, 0.2) is 0 Å². The standard InChI is InChI=1S/C25H21F5N6O2S/c1-13-20-15(10-18(31-13)36-7-8-37-24(11-36,6-9-39)12-38-25(28,29)30)22-21(14(2)34-35-22)33-23(32-20)19-16(26)4-3-5-17(19)27/h3-6,10H,7-8,11-12H2,1-2H3,(H,32,33)(H,34,35)/t24-/m0/s1. The maximum Gasteiger partial charge on any atom is 0.522 e. The second-order valence-electron chi connectivity index (χ2n) is 9.05. The smallest absolute Gasteiger partial charge is 0.364 e. The predicted octanol–water partition coefficient (Wildman–Crippen LogP) is 5.14. The van der Waals surface area contributed by atoms with E-state index < -0.39 is 30.2 Å². The average Bonchev–Trinajstić information content (AvgIpc) is 3.14. The lowest BCUT2D eigenvalue weighted by Crippen LogP contribution is -2.54. The molecule has 3 aromatic rings. The van der Waals surface area contributed by atoms with Crippen molar-refractivity contribution in [2.45, 2.75) is 25.8 Å². The molecule has 0 saturated carbocycles. The number of aromatic amines is 1. The molecule has 1 atom stereocenters. The number of alkyl halides is 3. The lowest BCUT2D eigenvalue weighted by atomic mass is 10.0. The number of halogens is 5. The molecule has 0 spiro atoms. The number of amidine groups is 1. The summed E-state index contributed by atoms with van der Waals surface area (Å²) < 4.78 is 77.6. The number of nitrogens with zero attached hydrogens (tertiary/aromatic N) is 4. The third-order valence-electron chi connectivity index (χ3n) is 6.36. The Kier molecular flexibility index (Phi) is 6.97. The topological polar surface area (TPSA) is 87.7 Å². The van der Waals surface area contributed by atoms with Crippen LogP contribution in [0.15, 0.2) is 35.3 Å². The summed E-state index contributed by atoms with van der Waals surface area (Å²) in [7, 11) is 0. The molecular weight excluding hydrogens is 543 g/mol. The highest BCUT2D eigenvalue weighted by Gasteiger charge is 2.41. The van der Waals surface area contributed by atoms with Crippen LogP contribution < -0.4 is 10.2 Å². The van der Waals surface area contributed by atoms with Gasteiger partial charge in [-0.3, -0.25) is 9.84 Å². The molecule has 0 radical (unpaired) electrons. The number of rotatable bonds is 5. The van der Waals surface area contributed by atoms with Crippen molar-refractivity contribution in [2.75, 3.05) is 36.5 Å². The Bertz CT molecular complexity index is 1500. The van der Waals surface area contributed by atoms with Crippen LogP contribution in [-0.4, -0.2) is 64.3 Å². The first-order valence-corrected chi connectivity index (χ1v) is 12.1. The Morgan fingerprint density at radius 3 is 2.69 bits per heavy atom. The molecule has 39 heavy (non-hydrogen) atoms. The molecule has 0 unspecified atom stereocenters. The Labute approximate surface area is 224 Å². The SMILES string of the molecule is Cc1nc(N2CCO[C@](C=C=S)(COC(F)(F)F)C2)cc2c1N=C(c1c(F)cccc1F)Nc1c-2n[nH]c1C. The Balaban J connectivity index is 1.60. The fourth-order valence-electron chi connectivity index (χ4n) is 4.54. The zero-order valence-electron chi connectivity index (χ0n) is 20.6. The summed E-state index contributed by atoms with van der Waals surface area (Å²) in [4.78, 5) is 10.9. The van der Waals surface area contributed by atoms with Crippen molar-refractivity contribution in [3.63, 3.8) is 0 Å². The van der Waals surface area contributed by atoms with Crippen molar-refractivity contribution >= 4 is 40.3 Å². The molecular formula is C25H21F5N6O2S. The van der Waals surface area contributed by atoms with Gasteiger partial charge in [0.05, 0.1) is 48.1 Å². The molecule has 2 aliphatic rings. The van der Waals surface area contributed by atoms with Crippen LogP contribution in [0, 0.1) is 25.5 Å². The number of fused-ring (bicyclic) bond motifs is 3. The predicted molar refractivity (Wildman–Crippen MR) is 138 cm³/mol. The van der Waals surface area contributed by atoms with Gasteiger partial charge in [-0.15, -0.1) is 13.2 Å². The molecule has 8 nitrogen and oxygen atoms in total. The van der Waals surface area contributed by atoms with E-state index >= 15 is 0 Å². The summed E-state index contributed by atoms with van der Waals surface area (Å²) >= 11 is 4.76. The molecule has 0 amide bonds. The van der Waals surface area contributed by atoms with E-state index in [1.807, 2.05) is 0 Å². The van der Waals surface area contributed by atoms with Gasteiger partial charge in [-0.1, -0.05) is 6.07 Å². The summed E-state index contributed by atoms with van der Waals surface area (Å²) in [6.45, 7) is 2.90. The number of ether oxygens (including phenoxy) is 2. The molecule has 1 aromatic carbocycles. The normalized spacial score (nSPS) is 18.8. The van der Waals surface area contributed by atoms with Crippen molar-refractivity contribution in [2.24, 2.45) is 4.99 Å². The van der Waals surface area contributed by atoms with Crippen LogP contribution in [0.1, 0.15) is 17.0 Å². The lowest BCUT2D eigenvalue weighted by molar-refractivity contribution is -0.336. The Morgan fingerprint density at radius 1 is 1.26 bits per heavy atom. The van der Waals surface area contributed by atoms with Crippen molar-refractivity contribution in [3.8, 4) is 11.3 Å². The van der Waals surface area contributed by atoms with Crippen LogP contribution in [0.3, 0.4) is 0 Å². The van der Waals surface area contributed by atoms with Crippen LogP contribution in [0.5, 0.6) is 0 Å². The molecule has 0 aliphatic carbocycles. The number of hydrogen-bond acceptors (Lipinski definition) is 8. The van der Waals surface area contributed by atoms with Crippen molar-refractivity contribution in [3.05, 3.63) is 58.9 Å². The Hall–Kier alpha value is -3.71. The van der Waals surface area contributed by atoms with Crippen LogP contribution in [-0.2, 0) is 9.47 Å². The second-order valence-corrected chi connectivity index (χ2v) is 9.28. The van der Waals surface area contributed by atoms with Crippen molar-refractivity contribution in [1.82, 2.24) is 15.2 Å². The molecule has 4 heterocycles. The number of thiocarbonyl (C=S) groups is 1. The molecule has 5 rings (SSSR count). The number of hydrogen-bond donors (Lipinski definition) is 2. The van der Waals surface area contributed by atoms with E-state index in [-0.39, 0.29) is 24.6 Å². The Morgan fingerprint density at radius 2 is 2.00 bits per heavy atom. The van der Waals surface area contributed by atoms with Gasteiger partial charge < -0.3 is 15.0 Å². The van der Waals surface area contributed by atoms with Crippen LogP contribution in [0.25, 0.3) is 11.3 Å². The van der Waals surface area contributed by atoms with Crippen LogP contribution in [0.4, 0.5) is 39.1 Å². The van der Waals surface area contributed by atoms with Crippen molar-refractivity contribution in [1.29, 1.82) is 0 Å². The number of nitrogens with one attached hydrogen (secondary N) is 2. The third kappa shape index (κ3) is 5.28. The number of morpholine rings is 1. The zero-order chi connectivity index (χ0) is 27.9. The molecule has 2 aliphatic heterocycles. The molecule has 1 fully saturated rings. The van der Waals surface area contributed by atoms with Gasteiger partial charge in [-0.05, 0) is 49.3 Å². The highest BCUT2D eigenvalue weighted by molar-refractivity contribution is 7.78. The minimum absolute atomic E-state index is 0.0579. The fraction of sp³-hybridized carbons (Fsp3) is 0.320. The third-order valence-corrected chi connectivity index (χ3v) is 6.48. The molecule has 14 heteroatoms. The maximum absolute atomic E-state index is 14.7. The highest BCUT2D eigenvalue weighted by Crippen LogP contribution is 2.42. The van der Waals surface area contributed by atoms with E-state index in [4.69, 9.17) is 17.0 Å². The monoisotopic (exact) mass is 564 g/mol. The average molecular weight is 565 g/mol. The molecule has 0 bridgehead atoms. The first-order chi connectivity index (χ1) is 18.5. The first kappa shape index (κ1) is 26.9. The number of H-pyrrole nitrogens is 1.